The van der Waals surface area contributed by atoms with Crippen molar-refractivity contribution in [2.75, 3.05) is 0 Å². The van der Waals surface area contributed by atoms with Gasteiger partial charge in [0.05, 0.1) is 15.2 Å². The van der Waals surface area contributed by atoms with Gasteiger partial charge in [0.1, 0.15) is 0 Å². The maximum Gasteiger partial charge on any atom is 0.308 e. The quantitative estimate of drug-likeness (QED) is 0.794. The highest BCUT2D eigenvalue weighted by molar-refractivity contribution is 7.16. The van der Waals surface area contributed by atoms with E-state index in [1.54, 1.807) is 4.57 Å². The lowest BCUT2D eigenvalue weighted by Gasteiger charge is -2.07. The Bertz CT molecular complexity index is 542. The summed E-state index contributed by atoms with van der Waals surface area (Å²) in [4.78, 5) is 11.8. The molecule has 0 atom stereocenters. The van der Waals surface area contributed by atoms with E-state index in [0.717, 1.165) is 16.8 Å². The zero-order chi connectivity index (χ0) is 13.0. The Labute approximate surface area is 111 Å². The number of benzene rings is 1. The highest BCUT2D eigenvalue weighted by Crippen LogP contribution is 2.25. The Morgan fingerprint density at radius 3 is 2.59 bits per heavy atom. The smallest absolute Gasteiger partial charge is 0.297 e. The normalized spacial score (nSPS) is 10.5. The maximum atomic E-state index is 11.7. The molecule has 0 radical (unpaired) electrons. The third-order valence-corrected chi connectivity index (χ3v) is 3.43. The molecule has 0 aliphatic carbocycles. The van der Waals surface area contributed by atoms with Crippen molar-refractivity contribution in [3.05, 3.63) is 32.9 Å². The van der Waals surface area contributed by atoms with Gasteiger partial charge in [-0.3, -0.25) is 9.36 Å². The van der Waals surface area contributed by atoms with Crippen LogP contribution in [0.15, 0.2) is 23.0 Å². The largest absolute Gasteiger partial charge is 0.308 e. The average Bonchev–Trinajstić information content (AvgIpc) is 2.59. The predicted octanol–water partition coefficient (Wildman–Crippen LogP) is 4.40. The van der Waals surface area contributed by atoms with Gasteiger partial charge in [0.15, 0.2) is 0 Å². The number of aromatic nitrogens is 1. The topological polar surface area (TPSA) is 22.0 Å². The van der Waals surface area contributed by atoms with E-state index in [9.17, 15) is 4.79 Å². The molecule has 94 valence electrons. The fraction of sp³-hybridized carbons (Fsp3) is 0.462. The van der Waals surface area contributed by atoms with Crippen LogP contribution in [0.4, 0.5) is 0 Å². The van der Waals surface area contributed by atoms with Gasteiger partial charge in [-0.05, 0) is 18.1 Å². The van der Waals surface area contributed by atoms with Crippen molar-refractivity contribution in [3.8, 4) is 0 Å². The number of halogens is 1. The van der Waals surface area contributed by atoms with Crippen LogP contribution in [0, 0.1) is 5.92 Å². The summed E-state index contributed by atoms with van der Waals surface area (Å²) in [7, 11) is 0. The molecule has 2 rings (SSSR count). The number of thiazole rings is 1. The fourth-order valence-corrected chi connectivity index (χ4v) is 2.87. The first-order valence-corrected chi connectivity index (χ1v) is 7.07. The van der Waals surface area contributed by atoms with Crippen molar-refractivity contribution in [3.63, 3.8) is 0 Å². The van der Waals surface area contributed by atoms with Crippen LogP contribution >= 0.6 is 22.9 Å². The molecule has 0 saturated heterocycles. The van der Waals surface area contributed by atoms with Crippen LogP contribution in [0.3, 0.4) is 0 Å². The van der Waals surface area contributed by atoms with E-state index in [0.29, 0.717) is 10.9 Å². The molecule has 1 aromatic heterocycles. The molecule has 1 heterocycles. The van der Waals surface area contributed by atoms with E-state index in [-0.39, 0.29) is 4.87 Å². The lowest BCUT2D eigenvalue weighted by molar-refractivity contribution is 0.529. The SMILES string of the molecule is CC.CC(C)Cn1c(=O)sc2cccc(Cl)c21. The minimum atomic E-state index is 0.0757. The van der Waals surface area contributed by atoms with Gasteiger partial charge >= 0.3 is 4.87 Å². The number of hydrogen-bond donors (Lipinski definition) is 0. The lowest BCUT2D eigenvalue weighted by Crippen LogP contribution is -2.16. The Morgan fingerprint density at radius 2 is 2.00 bits per heavy atom. The van der Waals surface area contributed by atoms with Gasteiger partial charge in [-0.15, -0.1) is 0 Å². The number of fused-ring (bicyclic) bond motifs is 1. The van der Waals surface area contributed by atoms with Gasteiger partial charge in [0.2, 0.25) is 0 Å². The van der Waals surface area contributed by atoms with E-state index in [4.69, 9.17) is 11.6 Å². The summed E-state index contributed by atoms with van der Waals surface area (Å²) in [5.74, 6) is 0.441. The van der Waals surface area contributed by atoms with Crippen molar-refractivity contribution in [2.24, 2.45) is 5.92 Å². The number of rotatable bonds is 2. The third kappa shape index (κ3) is 3.11. The molecule has 0 aliphatic heterocycles. The van der Waals surface area contributed by atoms with E-state index < -0.39 is 0 Å². The molecular weight excluding hydrogens is 254 g/mol. The van der Waals surface area contributed by atoms with Gasteiger partial charge < -0.3 is 0 Å². The van der Waals surface area contributed by atoms with Crippen LogP contribution in [0.1, 0.15) is 27.7 Å². The van der Waals surface area contributed by atoms with Crippen molar-refractivity contribution >= 4 is 33.2 Å². The summed E-state index contributed by atoms with van der Waals surface area (Å²) in [6, 6.07) is 5.64. The molecule has 17 heavy (non-hydrogen) atoms. The second-order valence-electron chi connectivity index (χ2n) is 3.96. The molecule has 0 saturated carbocycles. The first-order valence-electron chi connectivity index (χ1n) is 5.87. The van der Waals surface area contributed by atoms with Crippen molar-refractivity contribution in [2.45, 2.75) is 34.2 Å². The van der Waals surface area contributed by atoms with Crippen LogP contribution in [-0.4, -0.2) is 4.57 Å². The molecule has 0 bridgehead atoms. The van der Waals surface area contributed by atoms with Crippen molar-refractivity contribution in [1.82, 2.24) is 4.57 Å². The zero-order valence-corrected chi connectivity index (χ0v) is 12.2. The Morgan fingerprint density at radius 1 is 1.35 bits per heavy atom. The summed E-state index contributed by atoms with van der Waals surface area (Å²) < 4.78 is 2.74. The molecule has 0 N–H and O–H groups in total. The predicted molar refractivity (Wildman–Crippen MR) is 77.3 cm³/mol. The van der Waals surface area contributed by atoms with Crippen LogP contribution in [0.2, 0.25) is 5.02 Å². The summed E-state index contributed by atoms with van der Waals surface area (Å²) in [6.07, 6.45) is 0. The molecule has 0 unspecified atom stereocenters. The number of para-hydroxylation sites is 1. The number of nitrogens with zero attached hydrogens (tertiary/aromatic N) is 1. The van der Waals surface area contributed by atoms with Crippen molar-refractivity contribution in [1.29, 1.82) is 0 Å². The lowest BCUT2D eigenvalue weighted by atomic mass is 10.2. The standard InChI is InChI=1S/C11H12ClNOS.C2H6/c1-7(2)6-13-10-8(12)4-3-5-9(10)15-11(13)14;1-2/h3-5,7H,6H2,1-2H3;1-2H3. The minimum absolute atomic E-state index is 0.0757. The molecule has 0 fully saturated rings. The molecule has 0 aliphatic rings. The maximum absolute atomic E-state index is 11.7. The summed E-state index contributed by atoms with van der Waals surface area (Å²) in [5.41, 5.74) is 0.878. The van der Waals surface area contributed by atoms with E-state index in [1.165, 1.54) is 11.3 Å². The summed E-state index contributed by atoms with van der Waals surface area (Å²) in [5, 5.41) is 0.659. The first-order chi connectivity index (χ1) is 8.09. The van der Waals surface area contributed by atoms with Crippen LogP contribution in [0.5, 0.6) is 0 Å². The van der Waals surface area contributed by atoms with Gasteiger partial charge in [-0.2, -0.15) is 0 Å². The van der Waals surface area contributed by atoms with E-state index in [1.807, 2.05) is 32.0 Å². The van der Waals surface area contributed by atoms with Gasteiger partial charge in [-0.1, -0.05) is 56.7 Å². The Hall–Kier alpha value is -0.800. The zero-order valence-electron chi connectivity index (χ0n) is 10.7. The Balaban J connectivity index is 0.000000686. The van der Waals surface area contributed by atoms with Gasteiger partial charge in [0.25, 0.3) is 0 Å². The average molecular weight is 272 g/mol. The molecule has 0 amide bonds. The van der Waals surface area contributed by atoms with E-state index >= 15 is 0 Å². The van der Waals surface area contributed by atoms with Crippen LogP contribution in [0.25, 0.3) is 10.2 Å². The second-order valence-corrected chi connectivity index (χ2v) is 5.36. The highest BCUT2D eigenvalue weighted by Gasteiger charge is 2.11. The fourth-order valence-electron chi connectivity index (χ4n) is 1.61. The minimum Gasteiger partial charge on any atom is -0.297 e. The van der Waals surface area contributed by atoms with Crippen LogP contribution in [-0.2, 0) is 6.54 Å². The van der Waals surface area contributed by atoms with E-state index in [2.05, 4.69) is 13.8 Å². The van der Waals surface area contributed by atoms with Gasteiger partial charge in [-0.25, -0.2) is 0 Å². The molecule has 2 nitrogen and oxygen atoms in total. The number of hydrogen-bond acceptors (Lipinski definition) is 2. The molecule has 2 aromatic rings. The first kappa shape index (κ1) is 14.3. The molecule has 1 aromatic carbocycles. The Kier molecular flexibility index (Phi) is 5.22. The summed E-state index contributed by atoms with van der Waals surface area (Å²) in [6.45, 7) is 8.90. The second kappa shape index (κ2) is 6.22. The highest BCUT2D eigenvalue weighted by atomic mass is 35.5. The monoisotopic (exact) mass is 271 g/mol. The molecule has 0 spiro atoms. The summed E-state index contributed by atoms with van der Waals surface area (Å²) >= 11 is 7.36. The van der Waals surface area contributed by atoms with Gasteiger partial charge in [0, 0.05) is 6.54 Å². The molecule has 4 heteroatoms. The van der Waals surface area contributed by atoms with Crippen LogP contribution < -0.4 is 4.87 Å². The third-order valence-electron chi connectivity index (χ3n) is 2.19. The van der Waals surface area contributed by atoms with Crippen molar-refractivity contribution < 1.29 is 0 Å². The molecular formula is C13H18ClNOS.